The van der Waals surface area contributed by atoms with Crippen molar-refractivity contribution < 1.29 is 19.4 Å². The lowest BCUT2D eigenvalue weighted by molar-refractivity contribution is 0.0696. The summed E-state index contributed by atoms with van der Waals surface area (Å²) < 4.78 is 11.6. The highest BCUT2D eigenvalue weighted by atomic mass is 127. The number of hydrogen-bond acceptors (Lipinski definition) is 3. The third kappa shape index (κ3) is 3.63. The van der Waals surface area contributed by atoms with Crippen LogP contribution >= 0.6 is 22.6 Å². The van der Waals surface area contributed by atoms with Gasteiger partial charge in [0.05, 0.1) is 16.2 Å². The van der Waals surface area contributed by atoms with E-state index >= 15 is 0 Å². The van der Waals surface area contributed by atoms with Gasteiger partial charge in [0.2, 0.25) is 0 Å². The lowest BCUT2D eigenvalue weighted by Gasteiger charge is -2.09. The highest BCUT2D eigenvalue weighted by Crippen LogP contribution is 2.23. The van der Waals surface area contributed by atoms with E-state index < -0.39 is 5.97 Å². The molecule has 0 aliphatic carbocycles. The van der Waals surface area contributed by atoms with E-state index in [2.05, 4.69) is 22.6 Å². The molecule has 0 aromatic heterocycles. The molecule has 0 amide bonds. The second kappa shape index (κ2) is 6.60. The van der Waals surface area contributed by atoms with Gasteiger partial charge in [-0.05, 0) is 58.5 Å². The van der Waals surface area contributed by atoms with Gasteiger partial charge < -0.3 is 14.6 Å². The van der Waals surface area contributed by atoms with Crippen molar-refractivity contribution in [3.63, 3.8) is 0 Å². The zero-order valence-corrected chi connectivity index (χ0v) is 13.0. The maximum atomic E-state index is 10.9. The molecule has 0 radical (unpaired) electrons. The first-order valence-electron chi connectivity index (χ1n) is 5.88. The Balaban J connectivity index is 2.09. The summed E-state index contributed by atoms with van der Waals surface area (Å²) in [4.78, 5) is 10.9. The van der Waals surface area contributed by atoms with Crippen LogP contribution in [0, 0.1) is 3.57 Å². The van der Waals surface area contributed by atoms with E-state index in [9.17, 15) is 4.79 Å². The van der Waals surface area contributed by atoms with Crippen LogP contribution < -0.4 is 9.47 Å². The number of carboxylic acid groups (broad SMARTS) is 1. The Bertz CT molecular complexity index is 608. The van der Waals surface area contributed by atoms with Crippen LogP contribution in [0.1, 0.15) is 15.9 Å². The lowest BCUT2D eigenvalue weighted by Crippen LogP contribution is -2.01. The quantitative estimate of drug-likeness (QED) is 0.801. The Morgan fingerprint density at radius 1 is 1.20 bits per heavy atom. The molecule has 2 aromatic carbocycles. The van der Waals surface area contributed by atoms with Crippen molar-refractivity contribution in [2.45, 2.75) is 6.61 Å². The van der Waals surface area contributed by atoms with Crippen LogP contribution in [-0.4, -0.2) is 18.2 Å². The van der Waals surface area contributed by atoms with Crippen LogP contribution in [0.3, 0.4) is 0 Å². The van der Waals surface area contributed by atoms with Gasteiger partial charge in [0.15, 0.2) is 0 Å². The van der Waals surface area contributed by atoms with Gasteiger partial charge in [-0.1, -0.05) is 12.1 Å². The third-order valence-corrected chi connectivity index (χ3v) is 3.62. The normalized spacial score (nSPS) is 10.1. The number of hydrogen-bond donors (Lipinski definition) is 1. The molecule has 0 unspecified atom stereocenters. The summed E-state index contributed by atoms with van der Waals surface area (Å²) in [7, 11) is 1.62. The number of halogens is 1. The highest BCUT2D eigenvalue weighted by molar-refractivity contribution is 14.1. The van der Waals surface area contributed by atoms with Crippen LogP contribution in [0.2, 0.25) is 0 Å². The van der Waals surface area contributed by atoms with Gasteiger partial charge in [-0.2, -0.15) is 0 Å². The molecule has 0 saturated carbocycles. The SMILES string of the molecule is COc1ccc(COc2cc(C(=O)O)ccc2I)cc1. The smallest absolute Gasteiger partial charge is 0.335 e. The van der Waals surface area contributed by atoms with E-state index in [4.69, 9.17) is 14.6 Å². The molecule has 20 heavy (non-hydrogen) atoms. The molecular weight excluding hydrogens is 371 g/mol. The lowest BCUT2D eigenvalue weighted by atomic mass is 10.2. The number of carbonyl (C=O) groups is 1. The molecule has 4 nitrogen and oxygen atoms in total. The van der Waals surface area contributed by atoms with Crippen molar-refractivity contribution in [1.29, 1.82) is 0 Å². The predicted octanol–water partition coefficient (Wildman–Crippen LogP) is 3.58. The fourth-order valence-corrected chi connectivity index (χ4v) is 2.12. The van der Waals surface area contributed by atoms with Crippen molar-refractivity contribution in [3.8, 4) is 11.5 Å². The number of benzene rings is 2. The second-order valence-corrected chi connectivity index (χ2v) is 5.25. The van der Waals surface area contributed by atoms with Gasteiger partial charge in [-0.25, -0.2) is 4.79 Å². The van der Waals surface area contributed by atoms with Crippen molar-refractivity contribution in [1.82, 2.24) is 0 Å². The minimum atomic E-state index is -0.962. The Morgan fingerprint density at radius 3 is 2.50 bits per heavy atom. The van der Waals surface area contributed by atoms with Gasteiger partial charge in [-0.3, -0.25) is 0 Å². The predicted molar refractivity (Wildman–Crippen MR) is 83.4 cm³/mol. The van der Waals surface area contributed by atoms with Crippen LogP contribution in [0.15, 0.2) is 42.5 Å². The topological polar surface area (TPSA) is 55.8 Å². The van der Waals surface area contributed by atoms with Gasteiger partial charge >= 0.3 is 5.97 Å². The van der Waals surface area contributed by atoms with Gasteiger partial charge in [0.1, 0.15) is 18.1 Å². The Labute approximate surface area is 130 Å². The number of methoxy groups -OCH3 is 1. The summed E-state index contributed by atoms with van der Waals surface area (Å²) in [6.07, 6.45) is 0. The molecular formula is C15H13IO4. The molecule has 0 fully saturated rings. The summed E-state index contributed by atoms with van der Waals surface area (Å²) in [5.74, 6) is 0.397. The molecule has 0 aliphatic rings. The van der Waals surface area contributed by atoms with E-state index in [1.54, 1.807) is 19.2 Å². The average molecular weight is 384 g/mol. The van der Waals surface area contributed by atoms with E-state index in [0.29, 0.717) is 12.4 Å². The minimum absolute atomic E-state index is 0.218. The molecule has 1 N–H and O–H groups in total. The second-order valence-electron chi connectivity index (χ2n) is 4.09. The number of carboxylic acids is 1. The first-order chi connectivity index (χ1) is 9.60. The fourth-order valence-electron chi connectivity index (χ4n) is 1.63. The highest BCUT2D eigenvalue weighted by Gasteiger charge is 2.08. The van der Waals surface area contributed by atoms with E-state index in [-0.39, 0.29) is 5.56 Å². The number of aromatic carboxylic acids is 1. The van der Waals surface area contributed by atoms with Crippen molar-refractivity contribution >= 4 is 28.6 Å². The maximum absolute atomic E-state index is 10.9. The summed E-state index contributed by atoms with van der Waals surface area (Å²) in [5.41, 5.74) is 1.21. The summed E-state index contributed by atoms with van der Waals surface area (Å²) in [5, 5.41) is 8.97. The summed E-state index contributed by atoms with van der Waals surface area (Å²) in [6, 6.07) is 12.4. The number of rotatable bonds is 5. The average Bonchev–Trinajstić information content (AvgIpc) is 2.46. The van der Waals surface area contributed by atoms with E-state index in [1.807, 2.05) is 24.3 Å². The molecule has 2 rings (SSSR count). The van der Waals surface area contributed by atoms with E-state index in [1.165, 1.54) is 6.07 Å². The third-order valence-electron chi connectivity index (χ3n) is 2.73. The minimum Gasteiger partial charge on any atom is -0.497 e. The molecule has 0 atom stereocenters. The first-order valence-corrected chi connectivity index (χ1v) is 6.96. The van der Waals surface area contributed by atoms with Crippen molar-refractivity contribution in [2.75, 3.05) is 7.11 Å². The molecule has 5 heteroatoms. The molecule has 0 saturated heterocycles. The van der Waals surface area contributed by atoms with E-state index in [0.717, 1.165) is 14.9 Å². The summed E-state index contributed by atoms with van der Waals surface area (Å²) in [6.45, 7) is 0.378. The van der Waals surface area contributed by atoms with Gasteiger partial charge in [0.25, 0.3) is 0 Å². The largest absolute Gasteiger partial charge is 0.497 e. The molecule has 0 heterocycles. The monoisotopic (exact) mass is 384 g/mol. The van der Waals surface area contributed by atoms with Crippen LogP contribution in [0.4, 0.5) is 0 Å². The standard InChI is InChI=1S/C15H13IO4/c1-19-12-5-2-10(3-6-12)9-20-14-8-11(15(17)18)4-7-13(14)16/h2-8H,9H2,1H3,(H,17,18). The fraction of sp³-hybridized carbons (Fsp3) is 0.133. The van der Waals surface area contributed by atoms with Crippen LogP contribution in [0.5, 0.6) is 11.5 Å². The van der Waals surface area contributed by atoms with Crippen LogP contribution in [0.25, 0.3) is 0 Å². The van der Waals surface area contributed by atoms with Crippen LogP contribution in [-0.2, 0) is 6.61 Å². The number of ether oxygens (including phenoxy) is 2. The van der Waals surface area contributed by atoms with Gasteiger partial charge in [-0.15, -0.1) is 0 Å². The Hall–Kier alpha value is -1.76. The Morgan fingerprint density at radius 2 is 1.90 bits per heavy atom. The molecule has 0 aliphatic heterocycles. The molecule has 0 spiro atoms. The van der Waals surface area contributed by atoms with Gasteiger partial charge in [0, 0.05) is 0 Å². The molecule has 104 valence electrons. The zero-order valence-electron chi connectivity index (χ0n) is 10.8. The summed E-state index contributed by atoms with van der Waals surface area (Å²) >= 11 is 2.12. The molecule has 0 bridgehead atoms. The molecule has 2 aromatic rings. The van der Waals surface area contributed by atoms with Crippen molar-refractivity contribution in [3.05, 3.63) is 57.2 Å². The van der Waals surface area contributed by atoms with Crippen molar-refractivity contribution in [2.24, 2.45) is 0 Å². The maximum Gasteiger partial charge on any atom is 0.335 e. The zero-order chi connectivity index (χ0) is 14.5. The Kier molecular flexibility index (Phi) is 4.84. The first kappa shape index (κ1) is 14.6.